The van der Waals surface area contributed by atoms with Gasteiger partial charge in [0, 0.05) is 20.0 Å². The average molecular weight is 400 g/mol. The number of alkyl halides is 2. The number of fused-ring (bicyclic) bond motifs is 4. The number of halogens is 2. The van der Waals surface area contributed by atoms with Crippen molar-refractivity contribution in [1.82, 2.24) is 19.5 Å². The van der Waals surface area contributed by atoms with Gasteiger partial charge in [0.25, 0.3) is 6.43 Å². The van der Waals surface area contributed by atoms with Gasteiger partial charge in [-0.1, -0.05) is 12.1 Å². The Morgan fingerprint density at radius 2 is 2.10 bits per heavy atom. The molecule has 0 radical (unpaired) electrons. The highest BCUT2D eigenvalue weighted by Crippen LogP contribution is 2.36. The van der Waals surface area contributed by atoms with Gasteiger partial charge in [-0.05, 0) is 12.1 Å². The molecular weight excluding hydrogens is 382 g/mol. The molecule has 5 rings (SSSR count). The maximum absolute atomic E-state index is 13.7. The van der Waals surface area contributed by atoms with Crippen LogP contribution >= 0.6 is 0 Å². The van der Waals surface area contributed by atoms with Crippen LogP contribution in [0.3, 0.4) is 0 Å². The quantitative estimate of drug-likeness (QED) is 0.657. The summed E-state index contributed by atoms with van der Waals surface area (Å²) in [4.78, 5) is 28.8. The number of morpholine rings is 1. The predicted octanol–water partition coefficient (Wildman–Crippen LogP) is 2.32. The van der Waals surface area contributed by atoms with Gasteiger partial charge in [-0.3, -0.25) is 9.36 Å². The van der Waals surface area contributed by atoms with Gasteiger partial charge in [-0.25, -0.2) is 18.7 Å². The van der Waals surface area contributed by atoms with Crippen LogP contribution in [-0.4, -0.2) is 57.8 Å². The van der Waals surface area contributed by atoms with Crippen LogP contribution in [0.15, 0.2) is 30.5 Å². The summed E-state index contributed by atoms with van der Waals surface area (Å²) < 4.78 is 34.3. The molecule has 10 heteroatoms. The maximum atomic E-state index is 13.7. The van der Waals surface area contributed by atoms with Crippen LogP contribution in [0.1, 0.15) is 19.2 Å². The van der Waals surface area contributed by atoms with Crippen molar-refractivity contribution in [3.63, 3.8) is 0 Å². The lowest BCUT2D eigenvalue weighted by molar-refractivity contribution is -0.116. The molecule has 1 fully saturated rings. The monoisotopic (exact) mass is 400 g/mol. The first-order valence-corrected chi connectivity index (χ1v) is 9.30. The van der Waals surface area contributed by atoms with E-state index in [4.69, 9.17) is 4.74 Å². The first-order chi connectivity index (χ1) is 14.0. The fraction of sp³-hybridized carbons (Fsp3) is 0.368. The van der Waals surface area contributed by atoms with E-state index in [1.165, 1.54) is 17.7 Å². The number of carbonyl (C=O) groups is 1. The zero-order valence-corrected chi connectivity index (χ0v) is 15.6. The number of ether oxygens (including phenoxy) is 1. The van der Waals surface area contributed by atoms with Gasteiger partial charge in [0.2, 0.25) is 11.9 Å². The first kappa shape index (κ1) is 17.9. The number of anilines is 2. The molecule has 0 saturated carbocycles. The molecule has 4 heterocycles. The summed E-state index contributed by atoms with van der Waals surface area (Å²) >= 11 is 0. The van der Waals surface area contributed by atoms with Gasteiger partial charge >= 0.3 is 0 Å². The van der Waals surface area contributed by atoms with Crippen molar-refractivity contribution in [2.75, 3.05) is 36.1 Å². The number of rotatable bonds is 2. The number of hydrogen-bond acceptors (Lipinski definition) is 6. The summed E-state index contributed by atoms with van der Waals surface area (Å²) in [5, 5.41) is 0. The van der Waals surface area contributed by atoms with Crippen LogP contribution in [0.4, 0.5) is 20.3 Å². The van der Waals surface area contributed by atoms with Gasteiger partial charge in [0.1, 0.15) is 5.69 Å². The van der Waals surface area contributed by atoms with Crippen LogP contribution in [-0.2, 0) is 9.53 Å². The van der Waals surface area contributed by atoms with Gasteiger partial charge in [0.15, 0.2) is 11.6 Å². The van der Waals surface area contributed by atoms with Crippen molar-refractivity contribution in [3.05, 3.63) is 36.3 Å². The van der Waals surface area contributed by atoms with Crippen molar-refractivity contribution in [2.24, 2.45) is 0 Å². The van der Waals surface area contributed by atoms with Crippen molar-refractivity contribution in [2.45, 2.75) is 19.4 Å². The molecule has 1 unspecified atom stereocenters. The Bertz CT molecular complexity index is 1100. The third-order valence-electron chi connectivity index (χ3n) is 5.28. The molecular formula is C19H18F2N6O2. The van der Waals surface area contributed by atoms with Crippen molar-refractivity contribution in [1.29, 1.82) is 0 Å². The van der Waals surface area contributed by atoms with Gasteiger partial charge < -0.3 is 14.5 Å². The van der Waals surface area contributed by atoms with Gasteiger partial charge in [-0.2, -0.15) is 4.98 Å². The fourth-order valence-corrected chi connectivity index (χ4v) is 3.96. The second-order valence-electron chi connectivity index (χ2n) is 7.03. The second-order valence-corrected chi connectivity index (χ2v) is 7.03. The number of nitrogens with zero attached hydrogens (tertiary/aromatic N) is 6. The summed E-state index contributed by atoms with van der Waals surface area (Å²) in [6.07, 6.45) is -1.26. The summed E-state index contributed by atoms with van der Waals surface area (Å²) in [5.74, 6) is 0.101. The molecule has 150 valence electrons. The van der Waals surface area contributed by atoms with Crippen LogP contribution in [0.5, 0.6) is 0 Å². The van der Waals surface area contributed by atoms with Crippen LogP contribution < -0.4 is 9.80 Å². The normalized spacial score (nSPS) is 18.8. The van der Waals surface area contributed by atoms with Crippen LogP contribution in [0.25, 0.3) is 17.0 Å². The zero-order valence-electron chi connectivity index (χ0n) is 15.6. The molecule has 1 atom stereocenters. The smallest absolute Gasteiger partial charge is 0.296 e. The van der Waals surface area contributed by atoms with E-state index in [-0.39, 0.29) is 17.9 Å². The molecule has 3 aromatic rings. The van der Waals surface area contributed by atoms with Crippen molar-refractivity contribution >= 4 is 28.4 Å². The fourth-order valence-electron chi connectivity index (χ4n) is 3.96. The third kappa shape index (κ3) is 2.82. The molecule has 2 aliphatic heterocycles. The number of carbonyl (C=O) groups excluding carboxylic acids is 1. The molecule has 1 aromatic carbocycles. The van der Waals surface area contributed by atoms with E-state index in [1.54, 1.807) is 29.2 Å². The Morgan fingerprint density at radius 1 is 1.28 bits per heavy atom. The van der Waals surface area contributed by atoms with Crippen molar-refractivity contribution in [3.8, 4) is 5.95 Å². The Labute approximate surface area is 164 Å². The molecule has 29 heavy (non-hydrogen) atoms. The Morgan fingerprint density at radius 3 is 2.90 bits per heavy atom. The third-order valence-corrected chi connectivity index (χ3v) is 5.28. The Balaban J connectivity index is 1.71. The number of imidazole rings is 1. The minimum atomic E-state index is -2.79. The standard InChI is InChI=1S/C19H18F2N6O2/c1-11(28)26-9-12-10-29-7-6-25(12)17-15(26)8-22-19(24-17)27-14-5-3-2-4-13(14)23-18(27)16(20)21/h2-5,8,12,16H,6-7,9-10H2,1H3. The summed E-state index contributed by atoms with van der Waals surface area (Å²) in [6, 6.07) is 6.83. The molecule has 0 aliphatic carbocycles. The van der Waals surface area contributed by atoms with Gasteiger partial charge in [0.05, 0.1) is 36.5 Å². The lowest BCUT2D eigenvalue weighted by Crippen LogP contribution is -2.56. The number of hydrogen-bond donors (Lipinski definition) is 0. The van der Waals surface area contributed by atoms with E-state index < -0.39 is 12.2 Å². The van der Waals surface area contributed by atoms with Crippen LogP contribution in [0, 0.1) is 0 Å². The average Bonchev–Trinajstić information content (AvgIpc) is 3.12. The maximum Gasteiger partial charge on any atom is 0.296 e. The zero-order chi connectivity index (χ0) is 20.1. The largest absolute Gasteiger partial charge is 0.377 e. The summed E-state index contributed by atoms with van der Waals surface area (Å²) in [6.45, 7) is 3.56. The second kappa shape index (κ2) is 6.73. The van der Waals surface area contributed by atoms with E-state index >= 15 is 0 Å². The van der Waals surface area contributed by atoms with E-state index in [1.807, 2.05) is 0 Å². The summed E-state index contributed by atoms with van der Waals surface area (Å²) in [5.41, 5.74) is 1.52. The highest BCUT2D eigenvalue weighted by atomic mass is 19.3. The molecule has 0 N–H and O–H groups in total. The minimum Gasteiger partial charge on any atom is -0.377 e. The predicted molar refractivity (Wildman–Crippen MR) is 102 cm³/mol. The molecule has 0 spiro atoms. The molecule has 8 nitrogen and oxygen atoms in total. The molecule has 1 saturated heterocycles. The number of aromatic nitrogens is 4. The minimum absolute atomic E-state index is 0.0444. The number of benzene rings is 1. The number of para-hydroxylation sites is 2. The highest BCUT2D eigenvalue weighted by molar-refractivity contribution is 5.95. The first-order valence-electron chi connectivity index (χ1n) is 9.30. The Hall–Kier alpha value is -3.14. The number of amides is 1. The lowest BCUT2D eigenvalue weighted by Gasteiger charge is -2.44. The van der Waals surface area contributed by atoms with Gasteiger partial charge in [-0.15, -0.1) is 0 Å². The highest BCUT2D eigenvalue weighted by Gasteiger charge is 2.36. The summed E-state index contributed by atoms with van der Waals surface area (Å²) in [7, 11) is 0. The molecule has 1 amide bonds. The Kier molecular flexibility index (Phi) is 4.16. The molecule has 2 aromatic heterocycles. The topological polar surface area (TPSA) is 76.4 Å². The molecule has 2 aliphatic rings. The van der Waals surface area contributed by atoms with Crippen molar-refractivity contribution < 1.29 is 18.3 Å². The van der Waals surface area contributed by atoms with Crippen LogP contribution in [0.2, 0.25) is 0 Å². The van der Waals surface area contributed by atoms with E-state index in [9.17, 15) is 13.6 Å². The van der Waals surface area contributed by atoms with E-state index in [0.29, 0.717) is 48.8 Å². The lowest BCUT2D eigenvalue weighted by atomic mass is 10.1. The molecule has 0 bridgehead atoms. The SMILES string of the molecule is CC(=O)N1CC2COCCN2c2nc(-n3c(C(F)F)nc4ccccc43)ncc21. The van der Waals surface area contributed by atoms with E-state index in [2.05, 4.69) is 19.9 Å². The van der Waals surface area contributed by atoms with E-state index in [0.717, 1.165) is 0 Å².